The summed E-state index contributed by atoms with van der Waals surface area (Å²) in [4.78, 5) is 30.7. The monoisotopic (exact) mass is 373 g/mol. The van der Waals surface area contributed by atoms with Gasteiger partial charge in [0.15, 0.2) is 0 Å². The van der Waals surface area contributed by atoms with Crippen molar-refractivity contribution in [2.24, 2.45) is 0 Å². The van der Waals surface area contributed by atoms with Gasteiger partial charge < -0.3 is 14.5 Å². The Hall–Kier alpha value is -2.08. The summed E-state index contributed by atoms with van der Waals surface area (Å²) in [6.45, 7) is 6.20. The maximum Gasteiger partial charge on any atom is 0.224 e. The fraction of sp³-hybridized carbons (Fsp3) is 0.619. The molecule has 27 heavy (non-hydrogen) atoms. The van der Waals surface area contributed by atoms with Gasteiger partial charge in [0.2, 0.25) is 11.8 Å². The summed E-state index contributed by atoms with van der Waals surface area (Å²) in [7, 11) is 0. The van der Waals surface area contributed by atoms with Crippen LogP contribution in [0.1, 0.15) is 32.1 Å². The van der Waals surface area contributed by atoms with Crippen molar-refractivity contribution in [3.05, 3.63) is 30.3 Å². The number of hydrogen-bond donors (Lipinski definition) is 0. The number of para-hydroxylation sites is 1. The average Bonchev–Trinajstić information content (AvgIpc) is 2.91. The molecular weight excluding hydrogens is 342 g/mol. The van der Waals surface area contributed by atoms with Gasteiger partial charge in [0.05, 0.1) is 0 Å². The lowest BCUT2D eigenvalue weighted by atomic mass is 10.2. The minimum absolute atomic E-state index is 0.173. The first kappa shape index (κ1) is 19.7. The van der Waals surface area contributed by atoms with Crippen LogP contribution in [0.4, 0.5) is 0 Å². The van der Waals surface area contributed by atoms with Crippen LogP contribution in [0.15, 0.2) is 30.3 Å². The fourth-order valence-electron chi connectivity index (χ4n) is 3.69. The third-order valence-electron chi connectivity index (χ3n) is 5.41. The minimum atomic E-state index is 0.173. The predicted molar refractivity (Wildman–Crippen MR) is 105 cm³/mol. The zero-order valence-electron chi connectivity index (χ0n) is 16.1. The number of carbonyl (C=O) groups excluding carboxylic acids is 2. The summed E-state index contributed by atoms with van der Waals surface area (Å²) in [6.07, 6.45) is 4.25. The molecule has 0 aromatic heterocycles. The Morgan fingerprint density at radius 1 is 0.926 bits per heavy atom. The van der Waals surface area contributed by atoms with E-state index < -0.39 is 0 Å². The van der Waals surface area contributed by atoms with Gasteiger partial charge in [-0.3, -0.25) is 14.5 Å². The highest BCUT2D eigenvalue weighted by Crippen LogP contribution is 2.13. The fourth-order valence-corrected chi connectivity index (χ4v) is 3.69. The van der Waals surface area contributed by atoms with Gasteiger partial charge in [-0.05, 0) is 25.0 Å². The van der Waals surface area contributed by atoms with Crippen LogP contribution < -0.4 is 4.74 Å². The molecule has 3 rings (SSSR count). The molecule has 0 aliphatic carbocycles. The molecular formula is C21H31N3O3. The van der Waals surface area contributed by atoms with Gasteiger partial charge in [0, 0.05) is 58.7 Å². The molecule has 2 amide bonds. The van der Waals surface area contributed by atoms with E-state index in [-0.39, 0.29) is 11.8 Å². The van der Waals surface area contributed by atoms with Crippen LogP contribution in [0.3, 0.4) is 0 Å². The van der Waals surface area contributed by atoms with E-state index in [2.05, 4.69) is 4.90 Å². The van der Waals surface area contributed by atoms with Gasteiger partial charge in [-0.25, -0.2) is 0 Å². The summed E-state index contributed by atoms with van der Waals surface area (Å²) < 4.78 is 5.75. The van der Waals surface area contributed by atoms with Crippen LogP contribution in [-0.2, 0) is 9.59 Å². The molecule has 0 saturated carbocycles. The summed E-state index contributed by atoms with van der Waals surface area (Å²) in [5.41, 5.74) is 0. The Morgan fingerprint density at radius 3 is 2.48 bits per heavy atom. The number of likely N-dealkylation sites (tertiary alicyclic amines) is 1. The lowest BCUT2D eigenvalue weighted by Crippen LogP contribution is -2.50. The Kier molecular flexibility index (Phi) is 7.51. The predicted octanol–water partition coefficient (Wildman–Crippen LogP) is 2.00. The van der Waals surface area contributed by atoms with Crippen molar-refractivity contribution in [1.29, 1.82) is 0 Å². The molecule has 0 radical (unpaired) electrons. The quantitative estimate of drug-likeness (QED) is 0.734. The van der Waals surface area contributed by atoms with Crippen LogP contribution in [0.25, 0.3) is 0 Å². The zero-order chi connectivity index (χ0) is 18.9. The third-order valence-corrected chi connectivity index (χ3v) is 5.41. The Labute approximate surface area is 162 Å². The highest BCUT2D eigenvalue weighted by Gasteiger charge is 2.23. The molecule has 6 heteroatoms. The SMILES string of the molecule is O=C1CCCCCN1CCC(=O)N1CCN(CCOc2ccccc2)CC1. The largest absolute Gasteiger partial charge is 0.492 e. The van der Waals surface area contributed by atoms with Crippen molar-refractivity contribution >= 4 is 11.8 Å². The van der Waals surface area contributed by atoms with Crippen molar-refractivity contribution in [1.82, 2.24) is 14.7 Å². The second-order valence-electron chi connectivity index (χ2n) is 7.33. The Bertz CT molecular complexity index is 600. The van der Waals surface area contributed by atoms with E-state index in [1.807, 2.05) is 40.1 Å². The number of rotatable bonds is 7. The second kappa shape index (κ2) is 10.3. The van der Waals surface area contributed by atoms with Crippen LogP contribution in [-0.4, -0.2) is 78.9 Å². The molecule has 0 atom stereocenters. The van der Waals surface area contributed by atoms with Gasteiger partial charge in [0.1, 0.15) is 12.4 Å². The molecule has 2 fully saturated rings. The van der Waals surface area contributed by atoms with Gasteiger partial charge in [-0.15, -0.1) is 0 Å². The van der Waals surface area contributed by atoms with E-state index in [1.54, 1.807) is 0 Å². The summed E-state index contributed by atoms with van der Waals surface area (Å²) >= 11 is 0. The number of ether oxygens (including phenoxy) is 1. The molecule has 148 valence electrons. The highest BCUT2D eigenvalue weighted by atomic mass is 16.5. The van der Waals surface area contributed by atoms with Crippen LogP contribution in [0, 0.1) is 0 Å². The van der Waals surface area contributed by atoms with Crippen LogP contribution >= 0.6 is 0 Å². The molecule has 0 spiro atoms. The van der Waals surface area contributed by atoms with Crippen molar-refractivity contribution in [3.8, 4) is 5.75 Å². The summed E-state index contributed by atoms with van der Waals surface area (Å²) in [5, 5.41) is 0. The van der Waals surface area contributed by atoms with Crippen LogP contribution in [0.5, 0.6) is 5.75 Å². The number of amides is 2. The molecule has 2 heterocycles. The summed E-state index contributed by atoms with van der Waals surface area (Å²) in [5.74, 6) is 1.28. The first-order valence-electron chi connectivity index (χ1n) is 10.2. The normalized spacial score (nSPS) is 19.0. The Morgan fingerprint density at radius 2 is 1.70 bits per heavy atom. The maximum atomic E-state index is 12.5. The number of piperazine rings is 1. The van der Waals surface area contributed by atoms with Gasteiger partial charge in [-0.1, -0.05) is 24.6 Å². The van der Waals surface area contributed by atoms with Crippen molar-refractivity contribution < 1.29 is 14.3 Å². The number of hydrogen-bond acceptors (Lipinski definition) is 4. The lowest BCUT2D eigenvalue weighted by Gasteiger charge is -2.35. The molecule has 1 aromatic rings. The van der Waals surface area contributed by atoms with Gasteiger partial charge in [-0.2, -0.15) is 0 Å². The summed E-state index contributed by atoms with van der Waals surface area (Å²) in [6, 6.07) is 9.85. The highest BCUT2D eigenvalue weighted by molar-refractivity contribution is 5.79. The average molecular weight is 373 g/mol. The molecule has 2 aliphatic rings. The third kappa shape index (κ3) is 6.24. The van der Waals surface area contributed by atoms with Crippen LogP contribution in [0.2, 0.25) is 0 Å². The molecule has 6 nitrogen and oxygen atoms in total. The number of nitrogens with zero attached hydrogens (tertiary/aromatic N) is 3. The van der Waals surface area contributed by atoms with E-state index in [0.29, 0.717) is 26.0 Å². The van der Waals surface area contributed by atoms with E-state index in [4.69, 9.17) is 4.74 Å². The van der Waals surface area contributed by atoms with Crippen molar-refractivity contribution in [2.75, 3.05) is 52.4 Å². The second-order valence-corrected chi connectivity index (χ2v) is 7.33. The zero-order valence-corrected chi connectivity index (χ0v) is 16.1. The first-order chi connectivity index (χ1) is 13.2. The van der Waals surface area contributed by atoms with Crippen molar-refractivity contribution in [3.63, 3.8) is 0 Å². The van der Waals surface area contributed by atoms with Crippen molar-refractivity contribution in [2.45, 2.75) is 32.1 Å². The minimum Gasteiger partial charge on any atom is -0.492 e. The molecule has 2 saturated heterocycles. The van der Waals surface area contributed by atoms with Gasteiger partial charge >= 0.3 is 0 Å². The standard InChI is InChI=1S/C21H31N3O3/c25-20-9-5-2-6-11-23(20)12-10-21(26)24-15-13-22(14-16-24)17-18-27-19-7-3-1-4-8-19/h1,3-4,7-8H,2,5-6,9-18H2. The van der Waals surface area contributed by atoms with E-state index in [1.165, 1.54) is 0 Å². The van der Waals surface area contributed by atoms with E-state index >= 15 is 0 Å². The van der Waals surface area contributed by atoms with E-state index in [0.717, 1.165) is 64.3 Å². The van der Waals surface area contributed by atoms with E-state index in [9.17, 15) is 9.59 Å². The molecule has 1 aromatic carbocycles. The molecule has 2 aliphatic heterocycles. The first-order valence-corrected chi connectivity index (χ1v) is 10.2. The topological polar surface area (TPSA) is 53.1 Å². The Balaban J connectivity index is 1.32. The maximum absolute atomic E-state index is 12.5. The molecule has 0 unspecified atom stereocenters. The number of carbonyl (C=O) groups is 2. The number of benzene rings is 1. The lowest BCUT2D eigenvalue weighted by molar-refractivity contribution is -0.135. The molecule has 0 bridgehead atoms. The smallest absolute Gasteiger partial charge is 0.224 e. The molecule has 0 N–H and O–H groups in total. The van der Waals surface area contributed by atoms with Gasteiger partial charge in [0.25, 0.3) is 0 Å².